The van der Waals surface area contributed by atoms with Gasteiger partial charge < -0.3 is 30.1 Å². The lowest BCUT2D eigenvalue weighted by atomic mass is 9.93. The number of methoxy groups -OCH3 is 1. The summed E-state index contributed by atoms with van der Waals surface area (Å²) in [5.74, 6) is 0.851. The molecule has 2 aliphatic rings. The van der Waals surface area contributed by atoms with Crippen LogP contribution >= 0.6 is 12.2 Å². The Morgan fingerprint density at radius 2 is 2.06 bits per heavy atom. The SMILES string of the molecule is CCOc1cc(C2NC(=S)N(C3CC3)C(C)=C2C(=O)Nc2cccc(OC)c2)ccc1O. The van der Waals surface area contributed by atoms with Gasteiger partial charge in [0.25, 0.3) is 5.91 Å². The van der Waals surface area contributed by atoms with Crippen molar-refractivity contribution >= 4 is 28.9 Å². The van der Waals surface area contributed by atoms with Crippen LogP contribution in [0.25, 0.3) is 0 Å². The summed E-state index contributed by atoms with van der Waals surface area (Å²) in [5, 5.41) is 17.1. The number of carbonyl (C=O) groups excluding carboxylic acids is 1. The van der Waals surface area contributed by atoms with Crippen molar-refractivity contribution in [2.45, 2.75) is 38.8 Å². The quantitative estimate of drug-likeness (QED) is 0.544. The van der Waals surface area contributed by atoms with Gasteiger partial charge in [-0.15, -0.1) is 0 Å². The summed E-state index contributed by atoms with van der Waals surface area (Å²) in [7, 11) is 1.59. The second kappa shape index (κ2) is 9.08. The number of nitrogens with one attached hydrogen (secondary N) is 2. The van der Waals surface area contributed by atoms with Crippen LogP contribution in [0.3, 0.4) is 0 Å². The molecule has 1 aliphatic heterocycles. The maximum Gasteiger partial charge on any atom is 0.255 e. The van der Waals surface area contributed by atoms with E-state index < -0.39 is 6.04 Å². The number of allylic oxidation sites excluding steroid dienone is 1. The van der Waals surface area contributed by atoms with Crippen molar-refractivity contribution in [3.05, 3.63) is 59.3 Å². The molecule has 2 aromatic rings. The molecule has 1 unspecified atom stereocenters. The first-order valence-corrected chi connectivity index (χ1v) is 11.0. The van der Waals surface area contributed by atoms with Crippen molar-refractivity contribution < 1.29 is 19.4 Å². The van der Waals surface area contributed by atoms with Crippen LogP contribution < -0.4 is 20.1 Å². The lowest BCUT2D eigenvalue weighted by Gasteiger charge is -2.38. The van der Waals surface area contributed by atoms with Gasteiger partial charge in [-0.1, -0.05) is 12.1 Å². The minimum Gasteiger partial charge on any atom is -0.504 e. The van der Waals surface area contributed by atoms with E-state index >= 15 is 0 Å². The molecule has 0 bridgehead atoms. The number of benzene rings is 2. The summed E-state index contributed by atoms with van der Waals surface area (Å²) in [6, 6.07) is 12.2. The highest BCUT2D eigenvalue weighted by Crippen LogP contribution is 2.39. The molecule has 168 valence electrons. The molecule has 3 N–H and O–H groups in total. The van der Waals surface area contributed by atoms with E-state index in [-0.39, 0.29) is 11.7 Å². The third-order valence-electron chi connectivity index (χ3n) is 5.63. The van der Waals surface area contributed by atoms with Crippen molar-refractivity contribution in [3.63, 3.8) is 0 Å². The van der Waals surface area contributed by atoms with E-state index in [2.05, 4.69) is 10.6 Å². The molecule has 1 fully saturated rings. The number of amides is 1. The number of phenolic OH excluding ortho intramolecular Hbond substituents is 1. The summed E-state index contributed by atoms with van der Waals surface area (Å²) >= 11 is 5.66. The van der Waals surface area contributed by atoms with Gasteiger partial charge in [0.15, 0.2) is 16.6 Å². The monoisotopic (exact) mass is 453 g/mol. The highest BCUT2D eigenvalue weighted by molar-refractivity contribution is 7.80. The van der Waals surface area contributed by atoms with Crippen LogP contribution in [0.4, 0.5) is 5.69 Å². The minimum absolute atomic E-state index is 0.0525. The average Bonchev–Trinajstić information content (AvgIpc) is 3.60. The zero-order valence-electron chi connectivity index (χ0n) is 18.3. The number of carbonyl (C=O) groups is 1. The molecule has 0 aromatic heterocycles. The van der Waals surface area contributed by atoms with Gasteiger partial charge >= 0.3 is 0 Å². The number of nitrogens with zero attached hydrogens (tertiary/aromatic N) is 1. The topological polar surface area (TPSA) is 83.1 Å². The Kier molecular flexibility index (Phi) is 6.23. The Labute approximate surface area is 193 Å². The Morgan fingerprint density at radius 1 is 1.28 bits per heavy atom. The molecule has 7 nitrogen and oxygen atoms in total. The van der Waals surface area contributed by atoms with Crippen LogP contribution in [0.15, 0.2) is 53.7 Å². The molecule has 0 spiro atoms. The minimum atomic E-state index is -0.483. The zero-order valence-corrected chi connectivity index (χ0v) is 19.2. The molecule has 0 saturated heterocycles. The van der Waals surface area contributed by atoms with E-state index in [1.807, 2.05) is 36.9 Å². The zero-order chi connectivity index (χ0) is 22.8. The number of phenols is 1. The van der Waals surface area contributed by atoms with E-state index in [0.29, 0.717) is 40.5 Å². The van der Waals surface area contributed by atoms with Crippen molar-refractivity contribution in [1.82, 2.24) is 10.2 Å². The molecule has 8 heteroatoms. The number of ether oxygens (including phenoxy) is 2. The number of hydrogen-bond donors (Lipinski definition) is 3. The van der Waals surface area contributed by atoms with Crippen LogP contribution in [0, 0.1) is 0 Å². The van der Waals surface area contributed by atoms with E-state index in [0.717, 1.165) is 24.1 Å². The van der Waals surface area contributed by atoms with Crippen LogP contribution in [0.5, 0.6) is 17.2 Å². The predicted octanol–water partition coefficient (Wildman–Crippen LogP) is 4.11. The van der Waals surface area contributed by atoms with Crippen molar-refractivity contribution in [3.8, 4) is 17.2 Å². The fourth-order valence-corrected chi connectivity index (χ4v) is 4.36. The number of hydrogen-bond acceptors (Lipinski definition) is 5. The van der Waals surface area contributed by atoms with Gasteiger partial charge in [-0.3, -0.25) is 4.79 Å². The number of anilines is 1. The molecule has 1 amide bonds. The first-order chi connectivity index (χ1) is 15.4. The van der Waals surface area contributed by atoms with Crippen LogP contribution in [0.2, 0.25) is 0 Å². The van der Waals surface area contributed by atoms with Gasteiger partial charge in [0.2, 0.25) is 0 Å². The van der Waals surface area contributed by atoms with Gasteiger partial charge in [-0.2, -0.15) is 0 Å². The summed E-state index contributed by atoms with van der Waals surface area (Å²) in [6.45, 7) is 4.20. The molecule has 0 radical (unpaired) electrons. The predicted molar refractivity (Wildman–Crippen MR) is 127 cm³/mol. The summed E-state index contributed by atoms with van der Waals surface area (Å²) < 4.78 is 10.8. The van der Waals surface area contributed by atoms with Crippen LogP contribution in [0.1, 0.15) is 38.3 Å². The molecule has 1 saturated carbocycles. The molecule has 1 heterocycles. The average molecular weight is 454 g/mol. The van der Waals surface area contributed by atoms with Crippen LogP contribution in [-0.4, -0.2) is 40.8 Å². The lowest BCUT2D eigenvalue weighted by molar-refractivity contribution is -0.113. The van der Waals surface area contributed by atoms with Crippen molar-refractivity contribution in [2.75, 3.05) is 19.0 Å². The molecule has 2 aromatic carbocycles. The Balaban J connectivity index is 1.73. The third-order valence-corrected chi connectivity index (χ3v) is 5.94. The van der Waals surface area contributed by atoms with E-state index in [4.69, 9.17) is 21.7 Å². The smallest absolute Gasteiger partial charge is 0.255 e. The fraction of sp³-hybridized carbons (Fsp3) is 0.333. The first-order valence-electron chi connectivity index (χ1n) is 10.6. The normalized spacial score (nSPS) is 18.3. The Morgan fingerprint density at radius 3 is 2.75 bits per heavy atom. The standard InChI is InChI=1S/C24H27N3O4S/c1-4-31-20-12-15(8-11-19(20)28)22-21(14(2)27(17-9-10-17)24(32)26-22)23(29)25-16-6-5-7-18(13-16)30-3/h5-8,11-13,17,22,28H,4,9-10H2,1-3H3,(H,25,29)(H,26,32). The third kappa shape index (κ3) is 4.36. The van der Waals surface area contributed by atoms with Gasteiger partial charge in [0.1, 0.15) is 5.75 Å². The number of rotatable bonds is 7. The fourth-order valence-electron chi connectivity index (χ4n) is 3.95. The molecule has 4 rings (SSSR count). The van der Waals surface area contributed by atoms with Gasteiger partial charge in [0, 0.05) is 23.5 Å². The van der Waals surface area contributed by atoms with E-state index in [9.17, 15) is 9.90 Å². The maximum absolute atomic E-state index is 13.5. The van der Waals surface area contributed by atoms with E-state index in [1.54, 1.807) is 31.4 Å². The summed E-state index contributed by atoms with van der Waals surface area (Å²) in [6.07, 6.45) is 2.09. The Hall–Kier alpha value is -3.26. The highest BCUT2D eigenvalue weighted by Gasteiger charge is 2.40. The van der Waals surface area contributed by atoms with Crippen molar-refractivity contribution in [2.24, 2.45) is 0 Å². The van der Waals surface area contributed by atoms with Gasteiger partial charge in [-0.25, -0.2) is 0 Å². The number of aromatic hydroxyl groups is 1. The molecular formula is C24H27N3O4S. The first kappa shape index (κ1) is 22.0. The van der Waals surface area contributed by atoms with Crippen LogP contribution in [-0.2, 0) is 4.79 Å². The molecule has 1 atom stereocenters. The molecular weight excluding hydrogens is 426 g/mol. The lowest BCUT2D eigenvalue weighted by Crippen LogP contribution is -2.49. The maximum atomic E-state index is 13.5. The highest BCUT2D eigenvalue weighted by atomic mass is 32.1. The molecule has 32 heavy (non-hydrogen) atoms. The Bertz CT molecular complexity index is 1080. The summed E-state index contributed by atoms with van der Waals surface area (Å²) in [4.78, 5) is 15.6. The second-order valence-corrected chi connectivity index (χ2v) is 8.22. The number of thiocarbonyl (C=S) groups is 1. The second-order valence-electron chi connectivity index (χ2n) is 7.83. The van der Waals surface area contributed by atoms with E-state index in [1.165, 1.54) is 0 Å². The summed E-state index contributed by atoms with van der Waals surface area (Å²) in [5.41, 5.74) is 2.81. The largest absolute Gasteiger partial charge is 0.504 e. The van der Waals surface area contributed by atoms with Gasteiger partial charge in [0.05, 0.1) is 25.3 Å². The van der Waals surface area contributed by atoms with Crippen molar-refractivity contribution in [1.29, 1.82) is 0 Å². The molecule has 1 aliphatic carbocycles. The van der Waals surface area contributed by atoms with Gasteiger partial charge in [-0.05, 0) is 68.7 Å².